The maximum absolute atomic E-state index is 5.70. The van der Waals surface area contributed by atoms with Gasteiger partial charge in [-0.15, -0.1) is 0 Å². The molecule has 0 saturated heterocycles. The molecule has 0 saturated carbocycles. The van der Waals surface area contributed by atoms with E-state index in [1.807, 2.05) is 30.1 Å². The molecule has 0 aliphatic rings. The molecule has 0 aliphatic heterocycles. The molecule has 0 aliphatic carbocycles. The summed E-state index contributed by atoms with van der Waals surface area (Å²) in [7, 11) is 1.93. The van der Waals surface area contributed by atoms with Crippen LogP contribution in [0.15, 0.2) is 22.9 Å². The normalized spacial score (nSPS) is 8.70. The summed E-state index contributed by atoms with van der Waals surface area (Å²) in [6.07, 6.45) is 3.78. The Morgan fingerprint density at radius 2 is 2.10 bits per heavy atom. The third-order valence-corrected chi connectivity index (χ3v) is 1.57. The lowest BCUT2D eigenvalue weighted by Gasteiger charge is -1.88. The van der Waals surface area contributed by atoms with E-state index in [9.17, 15) is 0 Å². The molecule has 0 aromatic carbocycles. The zero-order chi connectivity index (χ0) is 6.85. The van der Waals surface area contributed by atoms with Gasteiger partial charge in [0, 0.05) is 0 Å². The van der Waals surface area contributed by atoms with Crippen LogP contribution in [0.5, 0.6) is 0 Å². The zero-order valence-corrected chi connectivity index (χ0v) is 9.24. The number of rotatable bonds is 0. The molecule has 1 heterocycles. The molecule has 0 amide bonds. The molecule has 1 nitrogen and oxygen atoms in total. The predicted molar refractivity (Wildman–Crippen MR) is 40.3 cm³/mol. The maximum Gasteiger partial charge on any atom is 0.187 e. The van der Waals surface area contributed by atoms with Crippen LogP contribution in [0.1, 0.15) is 0 Å². The summed E-state index contributed by atoms with van der Waals surface area (Å²) in [4.78, 5) is 0. The predicted octanol–water partition coefficient (Wildman–Crippen LogP) is -1.07. The number of nitrogens with zero attached hydrogens (tertiary/aromatic N) is 1. The Hall–Kier alpha value is 0.400. The fourth-order valence-corrected chi connectivity index (χ4v) is 1.61. The molecule has 0 N–H and O–H groups in total. The first kappa shape index (κ1) is 10.4. The lowest BCUT2D eigenvalue weighted by Crippen LogP contribution is -3.00. The summed E-state index contributed by atoms with van der Waals surface area (Å²) in [6, 6.07) is 1.85. The van der Waals surface area contributed by atoms with Gasteiger partial charge >= 0.3 is 0 Å². The molecule has 56 valence electrons. The molecule has 10 heavy (non-hydrogen) atoms. The first-order valence-corrected chi connectivity index (χ1v) is 3.67. The van der Waals surface area contributed by atoms with Crippen molar-refractivity contribution < 1.29 is 21.5 Å². The lowest BCUT2D eigenvalue weighted by atomic mass is 10.5. The van der Waals surface area contributed by atoms with E-state index >= 15 is 0 Å². The van der Waals surface area contributed by atoms with Crippen LogP contribution >= 0.6 is 27.5 Å². The van der Waals surface area contributed by atoms with E-state index in [4.69, 9.17) is 11.6 Å². The molecule has 0 spiro atoms. The van der Waals surface area contributed by atoms with Crippen LogP contribution in [0.2, 0.25) is 5.02 Å². The Labute approximate surface area is 83.9 Å². The van der Waals surface area contributed by atoms with Gasteiger partial charge in [0.15, 0.2) is 12.4 Å². The Balaban J connectivity index is 0.000000810. The van der Waals surface area contributed by atoms with Gasteiger partial charge in [0.1, 0.15) is 12.1 Å². The Kier molecular flexibility index (Phi) is 4.49. The van der Waals surface area contributed by atoms with Crippen LogP contribution in [0.3, 0.4) is 0 Å². The molecule has 1 aromatic heterocycles. The second-order valence-electron chi connectivity index (χ2n) is 1.84. The van der Waals surface area contributed by atoms with Crippen molar-refractivity contribution in [1.29, 1.82) is 0 Å². The van der Waals surface area contributed by atoms with Crippen LogP contribution < -0.4 is 21.5 Å². The minimum atomic E-state index is 0. The van der Waals surface area contributed by atoms with Gasteiger partial charge in [0.25, 0.3) is 0 Å². The van der Waals surface area contributed by atoms with Crippen LogP contribution in [0, 0.1) is 0 Å². The third-order valence-electron chi connectivity index (χ3n) is 0.930. The van der Waals surface area contributed by atoms with Gasteiger partial charge in [-0.1, -0.05) is 11.6 Å². The van der Waals surface area contributed by atoms with Crippen molar-refractivity contribution in [3.8, 4) is 0 Å². The molecule has 0 atom stereocenters. The van der Waals surface area contributed by atoms with Gasteiger partial charge in [0.05, 0.1) is 4.47 Å². The topological polar surface area (TPSA) is 3.88 Å². The van der Waals surface area contributed by atoms with E-state index in [0.717, 1.165) is 9.50 Å². The standard InChI is InChI=1S/C6H6BrClN.BrH/c1-9-3-5(7)2-6(8)4-9;/h2-4H,1H3;1H/q+1;/p-1. The van der Waals surface area contributed by atoms with E-state index in [-0.39, 0.29) is 17.0 Å². The molecular weight excluding hydrogens is 281 g/mol. The van der Waals surface area contributed by atoms with E-state index in [0.29, 0.717) is 0 Å². The SMILES string of the molecule is C[n+]1cc(Cl)cc(Br)c1.[Br-]. The molecule has 0 radical (unpaired) electrons. The summed E-state index contributed by atoms with van der Waals surface area (Å²) in [5.74, 6) is 0. The minimum Gasteiger partial charge on any atom is -1.00 e. The molecular formula is C6H6Br2ClN. The Morgan fingerprint density at radius 1 is 1.50 bits per heavy atom. The van der Waals surface area contributed by atoms with Gasteiger partial charge in [-0.05, 0) is 22.0 Å². The largest absolute Gasteiger partial charge is 1.00 e. The van der Waals surface area contributed by atoms with Gasteiger partial charge in [0.2, 0.25) is 0 Å². The second-order valence-corrected chi connectivity index (χ2v) is 3.19. The average molecular weight is 287 g/mol. The molecule has 0 unspecified atom stereocenters. The number of aryl methyl sites for hydroxylation is 1. The van der Waals surface area contributed by atoms with Gasteiger partial charge in [-0.2, -0.15) is 0 Å². The molecule has 1 rings (SSSR count). The second kappa shape index (κ2) is 4.31. The smallest absolute Gasteiger partial charge is 0.187 e. The maximum atomic E-state index is 5.70. The van der Waals surface area contributed by atoms with Crippen molar-refractivity contribution in [2.45, 2.75) is 0 Å². The monoisotopic (exact) mass is 285 g/mol. The summed E-state index contributed by atoms with van der Waals surface area (Å²) >= 11 is 9.01. The van der Waals surface area contributed by atoms with Crippen LogP contribution in [-0.2, 0) is 7.05 Å². The quantitative estimate of drug-likeness (QED) is 0.535. The van der Waals surface area contributed by atoms with Crippen LogP contribution in [0.25, 0.3) is 0 Å². The summed E-state index contributed by atoms with van der Waals surface area (Å²) in [6.45, 7) is 0. The van der Waals surface area contributed by atoms with Crippen molar-refractivity contribution >= 4 is 27.5 Å². The number of hydrogen-bond acceptors (Lipinski definition) is 0. The number of aromatic nitrogens is 1. The minimum absolute atomic E-state index is 0. The molecule has 0 bridgehead atoms. The Bertz CT molecular complexity index is 177. The van der Waals surface area contributed by atoms with Crippen molar-refractivity contribution in [1.82, 2.24) is 0 Å². The lowest BCUT2D eigenvalue weighted by molar-refractivity contribution is -0.672. The van der Waals surface area contributed by atoms with E-state index < -0.39 is 0 Å². The summed E-state index contributed by atoms with van der Waals surface area (Å²) in [5, 5.41) is 0.742. The first-order chi connectivity index (χ1) is 4.18. The van der Waals surface area contributed by atoms with Gasteiger partial charge in [-0.3, -0.25) is 0 Å². The first-order valence-electron chi connectivity index (χ1n) is 2.50. The fourth-order valence-electron chi connectivity index (χ4n) is 0.633. The van der Waals surface area contributed by atoms with Crippen molar-refractivity contribution in [3.05, 3.63) is 28.0 Å². The van der Waals surface area contributed by atoms with Crippen molar-refractivity contribution in [2.24, 2.45) is 7.05 Å². The third kappa shape index (κ3) is 2.99. The molecule has 4 heteroatoms. The van der Waals surface area contributed by atoms with Crippen LogP contribution in [0.4, 0.5) is 0 Å². The Morgan fingerprint density at radius 3 is 2.50 bits per heavy atom. The average Bonchev–Trinajstić information content (AvgIpc) is 1.59. The highest BCUT2D eigenvalue weighted by Gasteiger charge is 1.97. The zero-order valence-electron chi connectivity index (χ0n) is 5.31. The number of halogens is 3. The number of pyridine rings is 1. The van der Waals surface area contributed by atoms with Crippen molar-refractivity contribution in [3.63, 3.8) is 0 Å². The fraction of sp³-hybridized carbons (Fsp3) is 0.167. The summed E-state index contributed by atoms with van der Waals surface area (Å²) < 4.78 is 2.89. The molecule has 0 fully saturated rings. The van der Waals surface area contributed by atoms with Gasteiger partial charge < -0.3 is 17.0 Å². The molecule has 1 aromatic rings. The highest BCUT2D eigenvalue weighted by atomic mass is 79.9. The summed E-state index contributed by atoms with van der Waals surface area (Å²) in [5.41, 5.74) is 0. The highest BCUT2D eigenvalue weighted by Crippen LogP contribution is 2.11. The highest BCUT2D eigenvalue weighted by molar-refractivity contribution is 9.10. The van der Waals surface area contributed by atoms with Crippen LogP contribution in [-0.4, -0.2) is 0 Å². The number of hydrogen-bond donors (Lipinski definition) is 0. The van der Waals surface area contributed by atoms with Gasteiger partial charge in [-0.25, -0.2) is 4.57 Å². The van der Waals surface area contributed by atoms with Crippen molar-refractivity contribution in [2.75, 3.05) is 0 Å². The van der Waals surface area contributed by atoms with E-state index in [1.165, 1.54) is 0 Å². The van der Waals surface area contributed by atoms with E-state index in [2.05, 4.69) is 15.9 Å². The van der Waals surface area contributed by atoms with E-state index in [1.54, 1.807) is 0 Å².